The Labute approximate surface area is 72.0 Å². The van der Waals surface area contributed by atoms with E-state index >= 15 is 0 Å². The number of aliphatic carboxylic acids is 1. The van der Waals surface area contributed by atoms with E-state index in [0.717, 1.165) is 12.8 Å². The molecule has 0 spiro atoms. The van der Waals surface area contributed by atoms with Gasteiger partial charge < -0.3 is 10.4 Å². The minimum Gasteiger partial charge on any atom is -0.474 e. The Morgan fingerprint density at radius 2 is 1.75 bits per heavy atom. The molecule has 2 N–H and O–H groups in total. The molecule has 0 heterocycles. The van der Waals surface area contributed by atoms with Crippen molar-refractivity contribution in [2.75, 3.05) is 0 Å². The Hall–Kier alpha value is -1.06. The largest absolute Gasteiger partial charge is 0.474 e. The average Bonchev–Trinajstić information content (AvgIpc) is 2.04. The molecule has 0 radical (unpaired) electrons. The minimum absolute atomic E-state index is 0.393. The number of hydrogen-bond donors (Lipinski definition) is 2. The van der Waals surface area contributed by atoms with Crippen molar-refractivity contribution in [3.63, 3.8) is 0 Å². The second-order valence-electron chi connectivity index (χ2n) is 3.03. The minimum atomic E-state index is -1.43. The Morgan fingerprint density at radius 1 is 1.33 bits per heavy atom. The van der Waals surface area contributed by atoms with Crippen molar-refractivity contribution in [2.45, 2.75) is 39.2 Å². The van der Waals surface area contributed by atoms with E-state index in [0.29, 0.717) is 0 Å². The van der Waals surface area contributed by atoms with Crippen molar-refractivity contribution >= 4 is 11.9 Å². The lowest BCUT2D eigenvalue weighted by atomic mass is 9.95. The van der Waals surface area contributed by atoms with Crippen molar-refractivity contribution in [1.29, 1.82) is 0 Å². The van der Waals surface area contributed by atoms with Crippen LogP contribution in [0.5, 0.6) is 0 Å². The molecular formula is C8H15NO3. The molecule has 0 rings (SSSR count). The Kier molecular flexibility index (Phi) is 3.73. The molecule has 70 valence electrons. The maximum atomic E-state index is 10.8. The van der Waals surface area contributed by atoms with Gasteiger partial charge in [0.25, 0.3) is 0 Å². The summed E-state index contributed by atoms with van der Waals surface area (Å²) in [6, 6.07) is 0. The van der Waals surface area contributed by atoms with E-state index in [-0.39, 0.29) is 0 Å². The van der Waals surface area contributed by atoms with Crippen molar-refractivity contribution in [2.24, 2.45) is 0 Å². The third-order valence-electron chi connectivity index (χ3n) is 2.17. The van der Waals surface area contributed by atoms with E-state index in [4.69, 9.17) is 5.11 Å². The number of hydrogen-bond acceptors (Lipinski definition) is 2. The van der Waals surface area contributed by atoms with Gasteiger partial charge in [0.05, 0.1) is 0 Å². The van der Waals surface area contributed by atoms with Crippen LogP contribution in [0, 0.1) is 0 Å². The molecule has 0 aliphatic heterocycles. The summed E-state index contributed by atoms with van der Waals surface area (Å²) in [7, 11) is 0. The molecule has 0 aliphatic rings. The van der Waals surface area contributed by atoms with Crippen LogP contribution in [0.3, 0.4) is 0 Å². The van der Waals surface area contributed by atoms with Gasteiger partial charge in [0, 0.05) is 5.54 Å². The van der Waals surface area contributed by atoms with Crippen molar-refractivity contribution < 1.29 is 14.7 Å². The van der Waals surface area contributed by atoms with Crippen LogP contribution in [0.1, 0.15) is 33.6 Å². The number of amides is 1. The van der Waals surface area contributed by atoms with Crippen molar-refractivity contribution in [1.82, 2.24) is 5.32 Å². The van der Waals surface area contributed by atoms with E-state index in [1.54, 1.807) is 0 Å². The van der Waals surface area contributed by atoms with Gasteiger partial charge in [0.2, 0.25) is 0 Å². The summed E-state index contributed by atoms with van der Waals surface area (Å²) in [6.07, 6.45) is 1.45. The summed E-state index contributed by atoms with van der Waals surface area (Å²) < 4.78 is 0. The molecule has 4 nitrogen and oxygen atoms in total. The lowest BCUT2D eigenvalue weighted by Gasteiger charge is -2.26. The first-order valence-corrected chi connectivity index (χ1v) is 4.00. The number of carboxylic acid groups (broad SMARTS) is 1. The molecule has 0 bridgehead atoms. The molecule has 0 saturated carbocycles. The monoisotopic (exact) mass is 173 g/mol. The van der Waals surface area contributed by atoms with Gasteiger partial charge in [0.1, 0.15) is 0 Å². The van der Waals surface area contributed by atoms with Gasteiger partial charge in [-0.15, -0.1) is 0 Å². The molecular weight excluding hydrogens is 158 g/mol. The normalized spacial score (nSPS) is 10.9. The summed E-state index contributed by atoms with van der Waals surface area (Å²) in [5.41, 5.74) is -0.393. The van der Waals surface area contributed by atoms with Crippen LogP contribution < -0.4 is 5.32 Å². The van der Waals surface area contributed by atoms with E-state index in [1.807, 2.05) is 20.8 Å². The second-order valence-corrected chi connectivity index (χ2v) is 3.03. The number of carbonyl (C=O) groups excluding carboxylic acids is 1. The van der Waals surface area contributed by atoms with Crippen LogP contribution in [0.25, 0.3) is 0 Å². The van der Waals surface area contributed by atoms with Gasteiger partial charge in [-0.2, -0.15) is 0 Å². The van der Waals surface area contributed by atoms with Gasteiger partial charge in [-0.1, -0.05) is 13.8 Å². The molecule has 0 aromatic rings. The van der Waals surface area contributed by atoms with Gasteiger partial charge in [-0.05, 0) is 19.8 Å². The summed E-state index contributed by atoms with van der Waals surface area (Å²) in [5, 5.41) is 10.8. The molecule has 1 amide bonds. The average molecular weight is 173 g/mol. The van der Waals surface area contributed by atoms with E-state index in [2.05, 4.69) is 5.32 Å². The molecule has 0 aliphatic carbocycles. The van der Waals surface area contributed by atoms with Crippen LogP contribution in [0.2, 0.25) is 0 Å². The van der Waals surface area contributed by atoms with E-state index in [9.17, 15) is 9.59 Å². The fraction of sp³-hybridized carbons (Fsp3) is 0.750. The molecule has 0 aromatic heterocycles. The van der Waals surface area contributed by atoms with Crippen LogP contribution >= 0.6 is 0 Å². The summed E-state index contributed by atoms with van der Waals surface area (Å²) in [5.74, 6) is -2.36. The maximum Gasteiger partial charge on any atom is 0.394 e. The molecule has 0 unspecified atom stereocenters. The molecule has 0 fully saturated rings. The lowest BCUT2D eigenvalue weighted by Crippen LogP contribution is -2.47. The first-order chi connectivity index (χ1) is 5.45. The van der Waals surface area contributed by atoms with Crippen LogP contribution in [-0.2, 0) is 9.59 Å². The Morgan fingerprint density at radius 3 is 2.00 bits per heavy atom. The zero-order valence-electron chi connectivity index (χ0n) is 7.68. The summed E-state index contributed by atoms with van der Waals surface area (Å²) >= 11 is 0. The van der Waals surface area contributed by atoms with Gasteiger partial charge >= 0.3 is 11.9 Å². The predicted molar refractivity (Wildman–Crippen MR) is 44.8 cm³/mol. The van der Waals surface area contributed by atoms with Crippen molar-refractivity contribution in [3.8, 4) is 0 Å². The lowest BCUT2D eigenvalue weighted by molar-refractivity contribution is -0.151. The zero-order valence-corrected chi connectivity index (χ0v) is 7.68. The van der Waals surface area contributed by atoms with Crippen LogP contribution in [0.4, 0.5) is 0 Å². The van der Waals surface area contributed by atoms with Gasteiger partial charge in [0.15, 0.2) is 0 Å². The smallest absolute Gasteiger partial charge is 0.394 e. The second kappa shape index (κ2) is 4.09. The number of rotatable bonds is 3. The molecule has 4 heteroatoms. The first kappa shape index (κ1) is 10.9. The van der Waals surface area contributed by atoms with Crippen LogP contribution in [-0.4, -0.2) is 22.5 Å². The first-order valence-electron chi connectivity index (χ1n) is 4.00. The van der Waals surface area contributed by atoms with Gasteiger partial charge in [-0.3, -0.25) is 4.79 Å². The molecule has 0 saturated heterocycles. The highest BCUT2D eigenvalue weighted by atomic mass is 16.4. The summed E-state index contributed by atoms with van der Waals surface area (Å²) in [6.45, 7) is 5.64. The maximum absolute atomic E-state index is 10.8. The predicted octanol–water partition coefficient (Wildman–Crippen LogP) is 0.766. The standard InChI is InChI=1S/C8H15NO3/c1-4-8(3,5-2)9-6(10)7(11)12/h4-5H2,1-3H3,(H,9,10)(H,11,12). The number of carboxylic acids is 1. The molecule has 0 atom stereocenters. The van der Waals surface area contributed by atoms with Crippen molar-refractivity contribution in [3.05, 3.63) is 0 Å². The SMILES string of the molecule is CCC(C)(CC)NC(=O)C(=O)O. The Bertz CT molecular complexity index is 185. The highest BCUT2D eigenvalue weighted by Gasteiger charge is 2.24. The van der Waals surface area contributed by atoms with Crippen LogP contribution in [0.15, 0.2) is 0 Å². The third-order valence-corrected chi connectivity index (χ3v) is 2.17. The highest BCUT2D eigenvalue weighted by Crippen LogP contribution is 2.12. The third kappa shape index (κ3) is 2.90. The number of carbonyl (C=O) groups is 2. The fourth-order valence-corrected chi connectivity index (χ4v) is 0.754. The molecule has 0 aromatic carbocycles. The van der Waals surface area contributed by atoms with Gasteiger partial charge in [-0.25, -0.2) is 4.79 Å². The Balaban J connectivity index is 4.21. The topological polar surface area (TPSA) is 66.4 Å². The van der Waals surface area contributed by atoms with E-state index < -0.39 is 17.4 Å². The fourth-order valence-electron chi connectivity index (χ4n) is 0.754. The molecule has 12 heavy (non-hydrogen) atoms. The zero-order chi connectivity index (χ0) is 9.78. The number of nitrogens with one attached hydrogen (secondary N) is 1. The quantitative estimate of drug-likeness (QED) is 0.619. The summed E-state index contributed by atoms with van der Waals surface area (Å²) in [4.78, 5) is 21.0. The highest BCUT2D eigenvalue weighted by molar-refractivity contribution is 6.31. The van der Waals surface area contributed by atoms with E-state index in [1.165, 1.54) is 0 Å².